The monoisotopic (exact) mass is 473 g/mol. The number of amides is 1. The number of hydrogen-bond acceptors (Lipinski definition) is 4. The van der Waals surface area contributed by atoms with Crippen molar-refractivity contribution in [3.05, 3.63) is 60.2 Å². The Morgan fingerprint density at radius 1 is 1.12 bits per heavy atom. The molecule has 1 heterocycles. The average molecular weight is 474 g/mol. The summed E-state index contributed by atoms with van der Waals surface area (Å²) in [5, 5.41) is 3.00. The smallest absolute Gasteiger partial charge is 0.304 e. The second-order valence-electron chi connectivity index (χ2n) is 8.18. The molecule has 33 heavy (non-hydrogen) atoms. The zero-order chi connectivity index (χ0) is 23.7. The molecule has 8 heteroatoms. The molecule has 180 valence electrons. The molecule has 2 aromatic carbocycles. The summed E-state index contributed by atoms with van der Waals surface area (Å²) in [6.07, 6.45) is 3.12. The summed E-state index contributed by atoms with van der Waals surface area (Å²) >= 11 is 0. The van der Waals surface area contributed by atoms with Crippen molar-refractivity contribution in [1.82, 2.24) is 9.62 Å². The van der Waals surface area contributed by atoms with Crippen LogP contribution < -0.4 is 14.4 Å². The molecule has 1 amide bonds. The van der Waals surface area contributed by atoms with Crippen molar-refractivity contribution < 1.29 is 17.9 Å². The topological polar surface area (TPSA) is 79.0 Å². The first-order chi connectivity index (χ1) is 16.0. The van der Waals surface area contributed by atoms with E-state index >= 15 is 0 Å². The van der Waals surface area contributed by atoms with Gasteiger partial charge in [0, 0.05) is 26.2 Å². The predicted octanol–water partition coefficient (Wildman–Crippen LogP) is 3.62. The van der Waals surface area contributed by atoms with Crippen LogP contribution in [0.15, 0.2) is 54.6 Å². The van der Waals surface area contributed by atoms with Crippen molar-refractivity contribution in [3.63, 3.8) is 0 Å². The second kappa shape index (κ2) is 12.0. The molecule has 1 N–H and O–H groups in total. The van der Waals surface area contributed by atoms with Gasteiger partial charge in [0.25, 0.3) is 0 Å². The van der Waals surface area contributed by atoms with Crippen LogP contribution in [0.4, 0.5) is 5.69 Å². The van der Waals surface area contributed by atoms with E-state index in [0.29, 0.717) is 50.5 Å². The van der Waals surface area contributed by atoms with E-state index in [1.807, 2.05) is 32.0 Å². The summed E-state index contributed by atoms with van der Waals surface area (Å²) in [5.74, 6) is 0.313. The summed E-state index contributed by atoms with van der Waals surface area (Å²) in [6, 6.07) is 17.2. The Bertz CT molecular complexity index is 980. The van der Waals surface area contributed by atoms with Gasteiger partial charge >= 0.3 is 10.2 Å². The molecule has 0 spiro atoms. The molecule has 0 saturated carbocycles. The normalized spacial score (nSPS) is 16.8. The highest BCUT2D eigenvalue weighted by Crippen LogP contribution is 2.27. The molecule has 0 bridgehead atoms. The fourth-order valence-corrected chi connectivity index (χ4v) is 5.87. The van der Waals surface area contributed by atoms with Crippen LogP contribution in [0.3, 0.4) is 0 Å². The molecular formula is C25H35N3O4S. The van der Waals surface area contributed by atoms with Gasteiger partial charge < -0.3 is 10.1 Å². The van der Waals surface area contributed by atoms with Crippen LogP contribution in [0, 0.1) is 5.92 Å². The van der Waals surface area contributed by atoms with Crippen molar-refractivity contribution in [2.24, 2.45) is 5.92 Å². The van der Waals surface area contributed by atoms with Gasteiger partial charge in [-0.15, -0.1) is 0 Å². The summed E-state index contributed by atoms with van der Waals surface area (Å²) in [6.45, 7) is 5.80. The largest absolute Gasteiger partial charge is 0.494 e. The van der Waals surface area contributed by atoms with Crippen molar-refractivity contribution in [2.75, 3.05) is 37.1 Å². The quantitative estimate of drug-likeness (QED) is 0.506. The molecule has 1 aliphatic rings. The Labute approximate surface area is 197 Å². The van der Waals surface area contributed by atoms with E-state index in [4.69, 9.17) is 4.74 Å². The first kappa shape index (κ1) is 25.1. The maximum absolute atomic E-state index is 13.4. The number of nitrogens with zero attached hydrogens (tertiary/aromatic N) is 2. The summed E-state index contributed by atoms with van der Waals surface area (Å²) in [5.41, 5.74) is 1.84. The van der Waals surface area contributed by atoms with Crippen LogP contribution in [0.25, 0.3) is 0 Å². The van der Waals surface area contributed by atoms with E-state index in [-0.39, 0.29) is 18.4 Å². The molecule has 0 aliphatic carbocycles. The number of nitrogens with one attached hydrogen (secondary N) is 1. The van der Waals surface area contributed by atoms with Gasteiger partial charge in [0.1, 0.15) is 5.75 Å². The Hall–Kier alpha value is -2.58. The lowest BCUT2D eigenvalue weighted by atomic mass is 9.99. The highest BCUT2D eigenvalue weighted by Gasteiger charge is 2.35. The van der Waals surface area contributed by atoms with Gasteiger partial charge in [-0.3, -0.25) is 9.10 Å². The SMILES string of the molecule is CCOc1ccc(N(CC)S(=O)(=O)N2CCC[C@H](C(=O)NCCCc3ccccc3)C2)cc1. The molecular weight excluding hydrogens is 438 g/mol. The number of ether oxygens (including phenoxy) is 1. The number of benzene rings is 2. The van der Waals surface area contributed by atoms with Crippen molar-refractivity contribution in [2.45, 2.75) is 39.5 Å². The van der Waals surface area contributed by atoms with Gasteiger partial charge in [-0.25, -0.2) is 0 Å². The van der Waals surface area contributed by atoms with E-state index in [1.54, 1.807) is 24.3 Å². The minimum absolute atomic E-state index is 0.0629. The van der Waals surface area contributed by atoms with Crippen LogP contribution >= 0.6 is 0 Å². The third-order valence-corrected chi connectivity index (χ3v) is 7.88. The summed E-state index contributed by atoms with van der Waals surface area (Å²) in [7, 11) is -3.73. The maximum atomic E-state index is 13.4. The van der Waals surface area contributed by atoms with Gasteiger partial charge in [-0.05, 0) is 69.4 Å². The number of anilines is 1. The van der Waals surface area contributed by atoms with E-state index in [0.717, 1.165) is 12.8 Å². The lowest BCUT2D eigenvalue weighted by Crippen LogP contribution is -2.50. The molecule has 1 aliphatic heterocycles. The number of hydrogen-bond donors (Lipinski definition) is 1. The number of rotatable bonds is 11. The number of carbonyl (C=O) groups is 1. The van der Waals surface area contributed by atoms with E-state index in [2.05, 4.69) is 17.4 Å². The highest BCUT2D eigenvalue weighted by atomic mass is 32.2. The first-order valence-electron chi connectivity index (χ1n) is 11.8. The fraction of sp³-hybridized carbons (Fsp3) is 0.480. The third-order valence-electron chi connectivity index (χ3n) is 5.87. The Balaban J connectivity index is 1.57. The van der Waals surface area contributed by atoms with Crippen molar-refractivity contribution in [3.8, 4) is 5.75 Å². The van der Waals surface area contributed by atoms with Crippen LogP contribution in [0.2, 0.25) is 0 Å². The summed E-state index contributed by atoms with van der Waals surface area (Å²) in [4.78, 5) is 12.7. The first-order valence-corrected chi connectivity index (χ1v) is 13.2. The Kier molecular flexibility index (Phi) is 9.14. The fourth-order valence-electron chi connectivity index (χ4n) is 4.15. The lowest BCUT2D eigenvalue weighted by molar-refractivity contribution is -0.126. The molecule has 0 aromatic heterocycles. The average Bonchev–Trinajstić information content (AvgIpc) is 2.84. The van der Waals surface area contributed by atoms with Gasteiger partial charge in [0.15, 0.2) is 0 Å². The van der Waals surface area contributed by atoms with Crippen LogP contribution in [0.5, 0.6) is 5.75 Å². The van der Waals surface area contributed by atoms with Gasteiger partial charge in [-0.1, -0.05) is 30.3 Å². The minimum Gasteiger partial charge on any atom is -0.494 e. The third kappa shape index (κ3) is 6.71. The van der Waals surface area contributed by atoms with Crippen LogP contribution in [-0.4, -0.2) is 51.4 Å². The number of aryl methyl sites for hydroxylation is 1. The summed E-state index contributed by atoms with van der Waals surface area (Å²) < 4.78 is 35.1. The second-order valence-corrected chi connectivity index (χ2v) is 10.0. The van der Waals surface area contributed by atoms with Crippen LogP contribution in [0.1, 0.15) is 38.7 Å². The van der Waals surface area contributed by atoms with Gasteiger partial charge in [-0.2, -0.15) is 12.7 Å². The van der Waals surface area contributed by atoms with Gasteiger partial charge in [0.2, 0.25) is 5.91 Å². The van der Waals surface area contributed by atoms with E-state index in [9.17, 15) is 13.2 Å². The molecule has 0 radical (unpaired) electrons. The Morgan fingerprint density at radius 3 is 2.52 bits per heavy atom. The zero-order valence-corrected chi connectivity index (χ0v) is 20.4. The molecule has 7 nitrogen and oxygen atoms in total. The standard InChI is InChI=1S/C25H35N3O4S/c1-3-28(23-14-16-24(17-15-23)32-4-2)33(30,31)27-19-9-13-22(20-27)25(29)26-18-8-12-21-10-6-5-7-11-21/h5-7,10-11,14-17,22H,3-4,8-9,12-13,18-20H2,1-2H3,(H,26,29)/t22-/m0/s1. The Morgan fingerprint density at radius 2 is 1.85 bits per heavy atom. The van der Waals surface area contributed by atoms with Gasteiger partial charge in [0.05, 0.1) is 18.2 Å². The molecule has 3 rings (SSSR count). The lowest BCUT2D eigenvalue weighted by Gasteiger charge is -2.35. The maximum Gasteiger partial charge on any atom is 0.304 e. The molecule has 1 atom stereocenters. The van der Waals surface area contributed by atoms with E-state index in [1.165, 1.54) is 14.2 Å². The predicted molar refractivity (Wildman–Crippen MR) is 132 cm³/mol. The zero-order valence-electron chi connectivity index (χ0n) is 19.6. The highest BCUT2D eigenvalue weighted by molar-refractivity contribution is 7.90. The van der Waals surface area contributed by atoms with Crippen molar-refractivity contribution in [1.29, 1.82) is 0 Å². The number of carbonyl (C=O) groups excluding carboxylic acids is 1. The molecule has 1 fully saturated rings. The molecule has 2 aromatic rings. The van der Waals surface area contributed by atoms with Crippen LogP contribution in [-0.2, 0) is 21.4 Å². The minimum atomic E-state index is -3.73. The van der Waals surface area contributed by atoms with E-state index < -0.39 is 10.2 Å². The number of piperidine rings is 1. The van der Waals surface area contributed by atoms with Crippen molar-refractivity contribution >= 4 is 21.8 Å². The molecule has 1 saturated heterocycles. The molecule has 0 unspecified atom stereocenters.